The van der Waals surface area contributed by atoms with E-state index in [1.54, 1.807) is 7.11 Å². The summed E-state index contributed by atoms with van der Waals surface area (Å²) in [5, 5.41) is 17.3. The number of guanidine groups is 1. The molecule has 0 amide bonds. The molecule has 1 aliphatic heterocycles. The molecule has 1 fully saturated rings. The number of nitrogens with one attached hydrogen (secondary N) is 2. The number of aliphatic hydroxyl groups excluding tert-OH is 1. The SMILES string of the molecule is CCNC(=NCC(O)c1cccc(OC)c1)NC1CCN(c2ccccc2)CC1.I. The van der Waals surface area contributed by atoms with Crippen LogP contribution in [0.2, 0.25) is 0 Å². The molecular formula is C23H33IN4O2. The van der Waals surface area contributed by atoms with E-state index < -0.39 is 6.10 Å². The lowest BCUT2D eigenvalue weighted by Crippen LogP contribution is -2.48. The highest BCUT2D eigenvalue weighted by molar-refractivity contribution is 14.0. The summed E-state index contributed by atoms with van der Waals surface area (Å²) in [5.41, 5.74) is 2.09. The second-order valence-corrected chi connectivity index (χ2v) is 7.25. The monoisotopic (exact) mass is 524 g/mol. The first kappa shape index (κ1) is 24.3. The predicted molar refractivity (Wildman–Crippen MR) is 134 cm³/mol. The van der Waals surface area contributed by atoms with Crippen LogP contribution in [0.1, 0.15) is 31.4 Å². The quantitative estimate of drug-likeness (QED) is 0.294. The molecule has 0 spiro atoms. The zero-order valence-corrected chi connectivity index (χ0v) is 20.1. The average Bonchev–Trinajstić information content (AvgIpc) is 2.78. The van der Waals surface area contributed by atoms with Crippen LogP contribution in [-0.2, 0) is 0 Å². The zero-order chi connectivity index (χ0) is 20.5. The van der Waals surface area contributed by atoms with Gasteiger partial charge in [0.1, 0.15) is 5.75 Å². The number of hydrogen-bond donors (Lipinski definition) is 3. The number of anilines is 1. The van der Waals surface area contributed by atoms with Gasteiger partial charge in [-0.1, -0.05) is 30.3 Å². The van der Waals surface area contributed by atoms with Gasteiger partial charge < -0.3 is 25.4 Å². The minimum atomic E-state index is -0.666. The van der Waals surface area contributed by atoms with Crippen LogP contribution < -0.4 is 20.3 Å². The van der Waals surface area contributed by atoms with Gasteiger partial charge in [0.05, 0.1) is 19.8 Å². The number of ether oxygens (including phenoxy) is 1. The summed E-state index contributed by atoms with van der Waals surface area (Å²) in [6.45, 7) is 5.17. The molecule has 164 valence electrons. The van der Waals surface area contributed by atoms with Crippen LogP contribution in [0.5, 0.6) is 5.75 Å². The van der Waals surface area contributed by atoms with Crippen LogP contribution in [0.4, 0.5) is 5.69 Å². The Labute approximate surface area is 196 Å². The maximum atomic E-state index is 10.5. The first-order valence-electron chi connectivity index (χ1n) is 10.4. The molecule has 2 aromatic carbocycles. The number of aliphatic hydroxyl groups is 1. The Hall–Kier alpha value is -2.00. The fourth-order valence-corrected chi connectivity index (χ4v) is 3.57. The van der Waals surface area contributed by atoms with E-state index in [1.807, 2.05) is 31.2 Å². The summed E-state index contributed by atoms with van der Waals surface area (Å²) in [7, 11) is 1.62. The number of nitrogens with zero attached hydrogens (tertiary/aromatic N) is 2. The van der Waals surface area contributed by atoms with E-state index in [9.17, 15) is 5.11 Å². The Morgan fingerprint density at radius 2 is 1.90 bits per heavy atom. The Morgan fingerprint density at radius 1 is 1.17 bits per heavy atom. The third-order valence-electron chi connectivity index (χ3n) is 5.20. The molecule has 1 saturated heterocycles. The highest BCUT2D eigenvalue weighted by Gasteiger charge is 2.20. The molecule has 1 heterocycles. The second kappa shape index (κ2) is 12.6. The lowest BCUT2D eigenvalue weighted by atomic mass is 10.0. The first-order valence-corrected chi connectivity index (χ1v) is 10.4. The summed E-state index contributed by atoms with van der Waals surface area (Å²) in [6, 6.07) is 18.4. The highest BCUT2D eigenvalue weighted by Crippen LogP contribution is 2.20. The molecule has 30 heavy (non-hydrogen) atoms. The van der Waals surface area contributed by atoms with Gasteiger partial charge in [-0.3, -0.25) is 4.99 Å². The van der Waals surface area contributed by atoms with Gasteiger partial charge in [0.25, 0.3) is 0 Å². The number of aliphatic imine (C=N–C) groups is 1. The van der Waals surface area contributed by atoms with Crippen molar-refractivity contribution in [3.63, 3.8) is 0 Å². The molecule has 2 aromatic rings. The van der Waals surface area contributed by atoms with Gasteiger partial charge in [0, 0.05) is 31.4 Å². The molecular weight excluding hydrogens is 491 g/mol. The number of methoxy groups -OCH3 is 1. The molecule has 3 N–H and O–H groups in total. The number of benzene rings is 2. The topological polar surface area (TPSA) is 69.1 Å². The lowest BCUT2D eigenvalue weighted by Gasteiger charge is -2.34. The highest BCUT2D eigenvalue weighted by atomic mass is 127. The van der Waals surface area contributed by atoms with Gasteiger partial charge >= 0.3 is 0 Å². The minimum absolute atomic E-state index is 0. The second-order valence-electron chi connectivity index (χ2n) is 7.25. The van der Waals surface area contributed by atoms with Gasteiger partial charge in [-0.15, -0.1) is 24.0 Å². The van der Waals surface area contributed by atoms with E-state index in [0.717, 1.165) is 49.7 Å². The number of para-hydroxylation sites is 1. The van der Waals surface area contributed by atoms with Crippen molar-refractivity contribution >= 4 is 35.6 Å². The Kier molecular flexibility index (Phi) is 10.2. The summed E-state index contributed by atoms with van der Waals surface area (Å²) in [5.74, 6) is 1.49. The van der Waals surface area contributed by atoms with E-state index in [4.69, 9.17) is 4.74 Å². The summed E-state index contributed by atoms with van der Waals surface area (Å²) in [4.78, 5) is 7.03. The van der Waals surface area contributed by atoms with Crippen molar-refractivity contribution in [2.45, 2.75) is 31.9 Å². The fourth-order valence-electron chi connectivity index (χ4n) is 3.57. The van der Waals surface area contributed by atoms with Gasteiger partial charge in [-0.05, 0) is 49.6 Å². The normalized spacial score (nSPS) is 15.8. The molecule has 0 aliphatic carbocycles. The van der Waals surface area contributed by atoms with Crippen LogP contribution in [0.15, 0.2) is 59.6 Å². The van der Waals surface area contributed by atoms with E-state index in [-0.39, 0.29) is 24.0 Å². The fraction of sp³-hybridized carbons (Fsp3) is 0.435. The number of piperidine rings is 1. The lowest BCUT2D eigenvalue weighted by molar-refractivity contribution is 0.186. The molecule has 1 aliphatic rings. The molecule has 7 heteroatoms. The maximum Gasteiger partial charge on any atom is 0.191 e. The molecule has 0 aromatic heterocycles. The Bertz CT molecular complexity index is 780. The van der Waals surface area contributed by atoms with E-state index in [1.165, 1.54) is 5.69 Å². The predicted octanol–water partition coefficient (Wildman–Crippen LogP) is 3.57. The van der Waals surface area contributed by atoms with Crippen molar-refractivity contribution in [1.29, 1.82) is 0 Å². The van der Waals surface area contributed by atoms with Crippen molar-refractivity contribution in [2.24, 2.45) is 4.99 Å². The van der Waals surface area contributed by atoms with E-state index >= 15 is 0 Å². The molecule has 1 unspecified atom stereocenters. The van der Waals surface area contributed by atoms with Crippen molar-refractivity contribution in [1.82, 2.24) is 10.6 Å². The van der Waals surface area contributed by atoms with Crippen LogP contribution in [0, 0.1) is 0 Å². The van der Waals surface area contributed by atoms with Gasteiger partial charge in [0.2, 0.25) is 0 Å². The minimum Gasteiger partial charge on any atom is -0.497 e. The van der Waals surface area contributed by atoms with Crippen molar-refractivity contribution in [3.8, 4) is 5.75 Å². The molecule has 0 saturated carbocycles. The maximum absolute atomic E-state index is 10.5. The average molecular weight is 524 g/mol. The molecule has 1 atom stereocenters. The van der Waals surface area contributed by atoms with Crippen molar-refractivity contribution < 1.29 is 9.84 Å². The molecule has 0 radical (unpaired) electrons. The number of rotatable bonds is 7. The number of hydrogen-bond acceptors (Lipinski definition) is 4. The first-order chi connectivity index (χ1) is 14.2. The smallest absolute Gasteiger partial charge is 0.191 e. The number of halogens is 1. The Balaban J connectivity index is 0.00000320. The summed E-state index contributed by atoms with van der Waals surface area (Å²) >= 11 is 0. The van der Waals surface area contributed by atoms with Crippen molar-refractivity contribution in [2.75, 3.05) is 38.2 Å². The van der Waals surface area contributed by atoms with Gasteiger partial charge in [-0.25, -0.2) is 0 Å². The molecule has 6 nitrogen and oxygen atoms in total. The zero-order valence-electron chi connectivity index (χ0n) is 17.8. The molecule has 3 rings (SSSR count). The van der Waals surface area contributed by atoms with E-state index in [0.29, 0.717) is 12.6 Å². The standard InChI is InChI=1S/C23H32N4O2.HI/c1-3-24-23(25-17-22(28)18-8-7-11-21(16-18)29-2)26-19-12-14-27(15-13-19)20-9-5-4-6-10-20;/h4-11,16,19,22,28H,3,12-15,17H2,1-2H3,(H2,24,25,26);1H. The Morgan fingerprint density at radius 3 is 2.57 bits per heavy atom. The van der Waals surface area contributed by atoms with Gasteiger partial charge in [-0.2, -0.15) is 0 Å². The summed E-state index contributed by atoms with van der Waals surface area (Å²) in [6.07, 6.45) is 1.44. The van der Waals surface area contributed by atoms with Crippen LogP contribution >= 0.6 is 24.0 Å². The molecule has 0 bridgehead atoms. The third kappa shape index (κ3) is 7.05. The third-order valence-corrected chi connectivity index (χ3v) is 5.20. The van der Waals surface area contributed by atoms with Gasteiger partial charge in [0.15, 0.2) is 5.96 Å². The van der Waals surface area contributed by atoms with Crippen LogP contribution in [0.3, 0.4) is 0 Å². The van der Waals surface area contributed by atoms with Crippen LogP contribution in [0.25, 0.3) is 0 Å². The summed E-state index contributed by atoms with van der Waals surface area (Å²) < 4.78 is 5.23. The largest absolute Gasteiger partial charge is 0.497 e. The van der Waals surface area contributed by atoms with Crippen molar-refractivity contribution in [3.05, 3.63) is 60.2 Å². The van der Waals surface area contributed by atoms with E-state index in [2.05, 4.69) is 50.9 Å². The van der Waals surface area contributed by atoms with Crippen LogP contribution in [-0.4, -0.2) is 50.4 Å².